The minimum absolute atomic E-state index is 0.0910. The van der Waals surface area contributed by atoms with Crippen LogP contribution in [-0.2, 0) is 16.1 Å². The number of nitrogens with one attached hydrogen (secondary N) is 1. The molecule has 6 nitrogen and oxygen atoms in total. The van der Waals surface area contributed by atoms with Gasteiger partial charge >= 0.3 is 6.09 Å². The summed E-state index contributed by atoms with van der Waals surface area (Å²) in [5.74, 6) is -0.207. The van der Waals surface area contributed by atoms with Crippen LogP contribution in [0.2, 0.25) is 5.02 Å². The van der Waals surface area contributed by atoms with Crippen molar-refractivity contribution in [2.75, 3.05) is 13.1 Å². The van der Waals surface area contributed by atoms with Crippen LogP contribution in [0.4, 0.5) is 4.79 Å². The predicted octanol–water partition coefficient (Wildman–Crippen LogP) is 3.44. The molecule has 0 aliphatic carbocycles. The highest BCUT2D eigenvalue weighted by atomic mass is 35.5. The second-order valence-corrected chi connectivity index (χ2v) is 6.94. The Morgan fingerprint density at radius 2 is 1.82 bits per heavy atom. The molecule has 3 rings (SSSR count). The topological polar surface area (TPSA) is 75.7 Å². The molecular formula is C21H21ClN2O4. The van der Waals surface area contributed by atoms with Crippen LogP contribution in [0.15, 0.2) is 54.6 Å². The summed E-state index contributed by atoms with van der Waals surface area (Å²) in [6.07, 6.45) is 0.234. The smallest absolute Gasteiger partial charge is 0.407 e. The van der Waals surface area contributed by atoms with E-state index in [0.29, 0.717) is 23.4 Å². The van der Waals surface area contributed by atoms with Crippen molar-refractivity contribution >= 4 is 29.4 Å². The summed E-state index contributed by atoms with van der Waals surface area (Å²) in [5, 5.41) is 3.17. The van der Waals surface area contributed by atoms with Gasteiger partial charge in [0.2, 0.25) is 5.91 Å². The maximum absolute atomic E-state index is 12.7. The third-order valence-corrected chi connectivity index (χ3v) is 4.85. The van der Waals surface area contributed by atoms with Crippen LogP contribution in [-0.4, -0.2) is 41.8 Å². The number of likely N-dealkylation sites (tertiary alicyclic amines) is 1. The fourth-order valence-corrected chi connectivity index (χ4v) is 3.27. The third-order valence-electron chi connectivity index (χ3n) is 4.59. The molecule has 2 amide bonds. The van der Waals surface area contributed by atoms with E-state index in [1.807, 2.05) is 30.3 Å². The number of carbonyl (C=O) groups excluding carboxylic acids is 3. The number of hydrogen-bond donors (Lipinski definition) is 1. The molecule has 0 saturated carbocycles. The van der Waals surface area contributed by atoms with Crippen molar-refractivity contribution in [3.05, 3.63) is 70.7 Å². The molecule has 0 radical (unpaired) electrons. The first-order valence-corrected chi connectivity index (χ1v) is 9.46. The van der Waals surface area contributed by atoms with E-state index in [0.717, 1.165) is 5.56 Å². The number of hydrogen-bond acceptors (Lipinski definition) is 4. The average molecular weight is 401 g/mol. The molecule has 0 spiro atoms. The first kappa shape index (κ1) is 19.9. The molecule has 146 valence electrons. The summed E-state index contributed by atoms with van der Waals surface area (Å²) in [5.41, 5.74) is 1.41. The molecule has 0 aromatic heterocycles. The lowest BCUT2D eigenvalue weighted by atomic mass is 10.0. The number of ether oxygens (including phenoxy) is 1. The molecule has 2 aromatic carbocycles. The zero-order chi connectivity index (χ0) is 19.9. The molecular weight excluding hydrogens is 380 g/mol. The average Bonchev–Trinajstić information content (AvgIpc) is 3.08. The Morgan fingerprint density at radius 3 is 2.54 bits per heavy atom. The molecule has 1 heterocycles. The second kappa shape index (κ2) is 9.37. The molecule has 0 bridgehead atoms. The van der Waals surface area contributed by atoms with Gasteiger partial charge in [-0.3, -0.25) is 9.59 Å². The number of carbonyl (C=O) groups is 3. The van der Waals surface area contributed by atoms with E-state index in [4.69, 9.17) is 16.3 Å². The lowest BCUT2D eigenvalue weighted by Gasteiger charge is -2.24. The Kier molecular flexibility index (Phi) is 6.66. The number of nitrogens with zero attached hydrogens (tertiary/aromatic N) is 1. The summed E-state index contributed by atoms with van der Waals surface area (Å²) in [7, 11) is 0. The summed E-state index contributed by atoms with van der Waals surface area (Å²) < 4.78 is 5.14. The number of amides is 2. The van der Waals surface area contributed by atoms with Gasteiger partial charge in [-0.2, -0.15) is 0 Å². The molecule has 1 aliphatic heterocycles. The maximum Gasteiger partial charge on any atom is 0.407 e. The van der Waals surface area contributed by atoms with Gasteiger partial charge in [-0.1, -0.05) is 41.9 Å². The first-order chi connectivity index (χ1) is 13.5. The predicted molar refractivity (Wildman–Crippen MR) is 105 cm³/mol. The fraction of sp³-hybridized carbons (Fsp3) is 0.286. The van der Waals surface area contributed by atoms with Crippen LogP contribution in [0.5, 0.6) is 0 Å². The van der Waals surface area contributed by atoms with Crippen molar-refractivity contribution in [2.24, 2.45) is 0 Å². The Balaban J connectivity index is 1.49. The minimum Gasteiger partial charge on any atom is -0.445 e. The van der Waals surface area contributed by atoms with Crippen molar-refractivity contribution in [2.45, 2.75) is 25.5 Å². The number of halogens is 1. The van der Waals surface area contributed by atoms with Crippen molar-refractivity contribution in [1.29, 1.82) is 0 Å². The molecule has 1 N–H and O–H groups in total. The highest BCUT2D eigenvalue weighted by Gasteiger charge is 2.35. The molecule has 7 heteroatoms. The molecule has 1 atom stereocenters. The number of benzene rings is 2. The molecule has 1 unspecified atom stereocenters. The summed E-state index contributed by atoms with van der Waals surface area (Å²) >= 11 is 5.86. The van der Waals surface area contributed by atoms with Gasteiger partial charge in [0.25, 0.3) is 0 Å². The summed E-state index contributed by atoms with van der Waals surface area (Å²) in [4.78, 5) is 38.2. The SMILES string of the molecule is O=C(NCCN1C(=O)CCC1C(=O)c1ccc(Cl)cc1)OCc1ccccc1. The van der Waals surface area contributed by atoms with Crippen LogP contribution < -0.4 is 5.32 Å². The standard InChI is InChI=1S/C21H21ClN2O4/c22-17-8-6-16(7-9-17)20(26)18-10-11-19(25)24(18)13-12-23-21(27)28-14-15-4-2-1-3-5-15/h1-9,18H,10-14H2,(H,23,27). The maximum atomic E-state index is 12.7. The Labute approximate surface area is 168 Å². The zero-order valence-corrected chi connectivity index (χ0v) is 16.0. The normalized spacial score (nSPS) is 16.1. The van der Waals surface area contributed by atoms with Gasteiger partial charge in [-0.25, -0.2) is 4.79 Å². The van der Waals surface area contributed by atoms with Gasteiger partial charge in [-0.15, -0.1) is 0 Å². The van der Waals surface area contributed by atoms with E-state index in [2.05, 4.69) is 5.32 Å². The molecule has 28 heavy (non-hydrogen) atoms. The van der Waals surface area contributed by atoms with Crippen molar-refractivity contribution in [3.8, 4) is 0 Å². The molecule has 1 saturated heterocycles. The van der Waals surface area contributed by atoms with E-state index >= 15 is 0 Å². The number of alkyl carbamates (subject to hydrolysis) is 1. The Morgan fingerprint density at radius 1 is 1.11 bits per heavy atom. The van der Waals surface area contributed by atoms with E-state index in [9.17, 15) is 14.4 Å². The third kappa shape index (κ3) is 5.10. The fourth-order valence-electron chi connectivity index (χ4n) is 3.15. The van der Waals surface area contributed by atoms with E-state index in [-0.39, 0.29) is 31.4 Å². The van der Waals surface area contributed by atoms with E-state index in [1.165, 1.54) is 4.90 Å². The molecule has 1 fully saturated rings. The lowest BCUT2D eigenvalue weighted by Crippen LogP contribution is -2.43. The van der Waals surface area contributed by atoms with Gasteiger partial charge in [0.15, 0.2) is 5.78 Å². The highest BCUT2D eigenvalue weighted by Crippen LogP contribution is 2.22. The zero-order valence-electron chi connectivity index (χ0n) is 15.3. The minimum atomic E-state index is -0.559. The Hall–Kier alpha value is -2.86. The monoisotopic (exact) mass is 400 g/mol. The van der Waals surface area contributed by atoms with Crippen LogP contribution in [0.3, 0.4) is 0 Å². The quantitative estimate of drug-likeness (QED) is 0.722. The lowest BCUT2D eigenvalue weighted by molar-refractivity contribution is -0.128. The van der Waals surface area contributed by atoms with Crippen LogP contribution in [0, 0.1) is 0 Å². The van der Waals surface area contributed by atoms with Crippen LogP contribution >= 0.6 is 11.6 Å². The van der Waals surface area contributed by atoms with Crippen molar-refractivity contribution in [1.82, 2.24) is 10.2 Å². The number of rotatable bonds is 7. The summed E-state index contributed by atoms with van der Waals surface area (Å²) in [6.45, 7) is 0.639. The van der Waals surface area contributed by atoms with Crippen molar-refractivity contribution in [3.63, 3.8) is 0 Å². The van der Waals surface area contributed by atoms with E-state index < -0.39 is 12.1 Å². The van der Waals surface area contributed by atoms with Gasteiger partial charge in [-0.05, 0) is 36.2 Å². The largest absolute Gasteiger partial charge is 0.445 e. The second-order valence-electron chi connectivity index (χ2n) is 6.50. The van der Waals surface area contributed by atoms with Gasteiger partial charge in [0.05, 0.1) is 6.04 Å². The molecule has 2 aromatic rings. The van der Waals surface area contributed by atoms with E-state index in [1.54, 1.807) is 24.3 Å². The van der Waals surface area contributed by atoms with Crippen LogP contribution in [0.25, 0.3) is 0 Å². The van der Waals surface area contributed by atoms with Gasteiger partial charge in [0, 0.05) is 30.1 Å². The van der Waals surface area contributed by atoms with Gasteiger partial charge < -0.3 is 15.0 Å². The number of ketones is 1. The van der Waals surface area contributed by atoms with Gasteiger partial charge in [0.1, 0.15) is 6.61 Å². The van der Waals surface area contributed by atoms with Crippen molar-refractivity contribution < 1.29 is 19.1 Å². The Bertz CT molecular complexity index is 839. The number of Topliss-reactive ketones (excluding diaryl/α,β-unsaturated/α-hetero) is 1. The molecule has 1 aliphatic rings. The first-order valence-electron chi connectivity index (χ1n) is 9.08. The highest BCUT2D eigenvalue weighted by molar-refractivity contribution is 6.30. The van der Waals surface area contributed by atoms with Crippen LogP contribution in [0.1, 0.15) is 28.8 Å². The summed E-state index contributed by atoms with van der Waals surface area (Å²) in [6, 6.07) is 15.5.